The highest BCUT2D eigenvalue weighted by Crippen LogP contribution is 2.40. The molecule has 0 aliphatic carbocycles. The van der Waals surface area contributed by atoms with Crippen LogP contribution in [0.4, 0.5) is 0 Å². The summed E-state index contributed by atoms with van der Waals surface area (Å²) in [7, 11) is 0. The van der Waals surface area contributed by atoms with Gasteiger partial charge in [0, 0.05) is 18.0 Å². The normalized spacial score (nSPS) is 12.1. The highest BCUT2D eigenvalue weighted by atomic mass is 35.6. The van der Waals surface area contributed by atoms with Crippen molar-refractivity contribution in [1.82, 2.24) is 9.88 Å². The Morgan fingerprint density at radius 2 is 1.82 bits per heavy atom. The molecule has 3 nitrogen and oxygen atoms in total. The molecule has 1 heterocycles. The van der Waals surface area contributed by atoms with Gasteiger partial charge in [-0.1, -0.05) is 60.8 Å². The zero-order valence-electron chi connectivity index (χ0n) is 12.7. The summed E-state index contributed by atoms with van der Waals surface area (Å²) in [6.45, 7) is 7.69. The van der Waals surface area contributed by atoms with E-state index in [1.54, 1.807) is 6.07 Å². The Morgan fingerprint density at radius 3 is 2.45 bits per heavy atom. The number of hydrogen-bond donors (Lipinski definition) is 0. The summed E-state index contributed by atoms with van der Waals surface area (Å²) < 4.78 is 4.36. The number of hydrogen-bond acceptors (Lipinski definition) is 3. The SMILES string of the molecule is CCN(CC)CCOc1cc(C(Cl)(Cl)Cl)nc2ccccc12. The van der Waals surface area contributed by atoms with Crippen molar-refractivity contribution in [2.75, 3.05) is 26.2 Å². The lowest BCUT2D eigenvalue weighted by molar-refractivity contribution is 0.224. The molecule has 2 rings (SSSR count). The van der Waals surface area contributed by atoms with Crippen LogP contribution in [0.5, 0.6) is 5.75 Å². The van der Waals surface area contributed by atoms with E-state index < -0.39 is 3.79 Å². The number of ether oxygens (including phenoxy) is 1. The molecule has 0 bridgehead atoms. The van der Waals surface area contributed by atoms with Crippen LogP contribution in [0, 0.1) is 0 Å². The second-order valence-corrected chi connectivity index (χ2v) is 7.18. The third-order valence-electron chi connectivity index (χ3n) is 3.53. The van der Waals surface area contributed by atoms with E-state index >= 15 is 0 Å². The molecule has 0 N–H and O–H groups in total. The first-order chi connectivity index (χ1) is 10.5. The summed E-state index contributed by atoms with van der Waals surface area (Å²) in [5.74, 6) is 0.694. The van der Waals surface area contributed by atoms with Crippen LogP contribution in [0.3, 0.4) is 0 Å². The number of aromatic nitrogens is 1. The van der Waals surface area contributed by atoms with Crippen LogP contribution < -0.4 is 4.74 Å². The molecular formula is C16H19Cl3N2O. The highest BCUT2D eigenvalue weighted by molar-refractivity contribution is 6.66. The maximum atomic E-state index is 5.96. The van der Waals surface area contributed by atoms with E-state index in [0.717, 1.165) is 30.5 Å². The first-order valence-corrected chi connectivity index (χ1v) is 8.41. The number of para-hydroxylation sites is 1. The number of likely N-dealkylation sites (N-methyl/N-ethyl adjacent to an activating group) is 1. The predicted octanol–water partition coefficient (Wildman–Crippen LogP) is 4.78. The third kappa shape index (κ3) is 4.39. The smallest absolute Gasteiger partial charge is 0.232 e. The quantitative estimate of drug-likeness (QED) is 0.692. The van der Waals surface area contributed by atoms with Crippen molar-refractivity contribution in [3.63, 3.8) is 0 Å². The number of alkyl halides is 3. The standard InChI is InChI=1S/C16H19Cl3N2O/c1-3-21(4-2)9-10-22-14-11-15(16(17,18)19)20-13-8-6-5-7-12(13)14/h5-8,11H,3-4,9-10H2,1-2H3. The molecule has 0 spiro atoms. The molecule has 6 heteroatoms. The van der Waals surface area contributed by atoms with Gasteiger partial charge in [0.2, 0.25) is 3.79 Å². The van der Waals surface area contributed by atoms with Crippen LogP contribution in [0.25, 0.3) is 10.9 Å². The molecule has 0 saturated carbocycles. The molecule has 1 aromatic heterocycles. The van der Waals surface area contributed by atoms with Gasteiger partial charge in [0.05, 0.1) is 11.2 Å². The maximum Gasteiger partial charge on any atom is 0.232 e. The molecule has 0 aliphatic heterocycles. The highest BCUT2D eigenvalue weighted by Gasteiger charge is 2.26. The van der Waals surface area contributed by atoms with Gasteiger partial charge in [-0.15, -0.1) is 0 Å². The molecule has 0 amide bonds. The predicted molar refractivity (Wildman–Crippen MR) is 94.3 cm³/mol. The number of rotatable bonds is 6. The fourth-order valence-electron chi connectivity index (χ4n) is 2.23. The van der Waals surface area contributed by atoms with Gasteiger partial charge in [0.1, 0.15) is 12.4 Å². The summed E-state index contributed by atoms with van der Waals surface area (Å²) in [5, 5.41) is 0.917. The molecule has 1 aromatic carbocycles. The molecule has 0 radical (unpaired) electrons. The van der Waals surface area contributed by atoms with Crippen molar-refractivity contribution < 1.29 is 4.74 Å². The van der Waals surface area contributed by atoms with E-state index in [1.807, 2.05) is 24.3 Å². The van der Waals surface area contributed by atoms with Crippen molar-refractivity contribution in [2.24, 2.45) is 0 Å². The van der Waals surface area contributed by atoms with Crippen molar-refractivity contribution in [2.45, 2.75) is 17.6 Å². The van der Waals surface area contributed by atoms with Gasteiger partial charge < -0.3 is 9.64 Å². The maximum absolute atomic E-state index is 5.96. The number of fused-ring (bicyclic) bond motifs is 1. The van der Waals surface area contributed by atoms with Crippen molar-refractivity contribution in [1.29, 1.82) is 0 Å². The summed E-state index contributed by atoms with van der Waals surface area (Å²) in [4.78, 5) is 6.69. The van der Waals surface area contributed by atoms with E-state index in [1.165, 1.54) is 0 Å². The minimum atomic E-state index is -1.57. The van der Waals surface area contributed by atoms with Gasteiger partial charge in [0.15, 0.2) is 0 Å². The Bertz CT molecular complexity index is 624. The zero-order chi connectivity index (χ0) is 16.2. The first kappa shape index (κ1) is 17.6. The minimum Gasteiger partial charge on any atom is -0.491 e. The lowest BCUT2D eigenvalue weighted by Gasteiger charge is -2.19. The molecule has 0 saturated heterocycles. The number of halogens is 3. The van der Waals surface area contributed by atoms with Gasteiger partial charge in [-0.2, -0.15) is 0 Å². The van der Waals surface area contributed by atoms with Crippen LogP contribution in [-0.2, 0) is 3.79 Å². The van der Waals surface area contributed by atoms with Crippen LogP contribution in [0.15, 0.2) is 30.3 Å². The Morgan fingerprint density at radius 1 is 1.14 bits per heavy atom. The second-order valence-electron chi connectivity index (χ2n) is 4.90. The van der Waals surface area contributed by atoms with Crippen LogP contribution in [0.2, 0.25) is 0 Å². The van der Waals surface area contributed by atoms with Crippen LogP contribution >= 0.6 is 34.8 Å². The average Bonchev–Trinajstić information content (AvgIpc) is 2.50. The lowest BCUT2D eigenvalue weighted by atomic mass is 10.2. The Balaban J connectivity index is 2.27. The summed E-state index contributed by atoms with van der Waals surface area (Å²) in [6.07, 6.45) is 0. The van der Waals surface area contributed by atoms with E-state index in [-0.39, 0.29) is 0 Å². The van der Waals surface area contributed by atoms with Crippen LogP contribution in [-0.4, -0.2) is 36.1 Å². The van der Waals surface area contributed by atoms with Crippen molar-refractivity contribution in [3.8, 4) is 5.75 Å². The van der Waals surface area contributed by atoms with Gasteiger partial charge >= 0.3 is 0 Å². The molecule has 22 heavy (non-hydrogen) atoms. The summed E-state index contributed by atoms with van der Waals surface area (Å²) >= 11 is 17.9. The topological polar surface area (TPSA) is 25.4 Å². The number of pyridine rings is 1. The summed E-state index contributed by atoms with van der Waals surface area (Å²) in [5.41, 5.74) is 1.12. The molecular weight excluding hydrogens is 343 g/mol. The molecule has 0 atom stereocenters. The minimum absolute atomic E-state index is 0.369. The van der Waals surface area contributed by atoms with E-state index in [9.17, 15) is 0 Å². The van der Waals surface area contributed by atoms with Crippen molar-refractivity contribution in [3.05, 3.63) is 36.0 Å². The van der Waals surface area contributed by atoms with E-state index in [4.69, 9.17) is 39.5 Å². The fourth-order valence-corrected chi connectivity index (χ4v) is 2.52. The third-order valence-corrected chi connectivity index (χ3v) is 4.11. The van der Waals surface area contributed by atoms with Gasteiger partial charge in [-0.25, -0.2) is 4.98 Å². The molecule has 120 valence electrons. The van der Waals surface area contributed by atoms with Crippen LogP contribution in [0.1, 0.15) is 19.5 Å². The van der Waals surface area contributed by atoms with E-state index in [0.29, 0.717) is 18.1 Å². The average molecular weight is 362 g/mol. The molecule has 2 aromatic rings. The molecule has 0 fully saturated rings. The lowest BCUT2D eigenvalue weighted by Crippen LogP contribution is -2.28. The van der Waals surface area contributed by atoms with Gasteiger partial charge in [-0.3, -0.25) is 0 Å². The Hall–Kier alpha value is -0.740. The first-order valence-electron chi connectivity index (χ1n) is 7.27. The van der Waals surface area contributed by atoms with Gasteiger partial charge in [0.25, 0.3) is 0 Å². The Kier molecular flexibility index (Phi) is 6.16. The molecule has 0 aliphatic rings. The summed E-state index contributed by atoms with van der Waals surface area (Å²) in [6, 6.07) is 9.38. The molecule has 0 unspecified atom stereocenters. The number of benzene rings is 1. The number of nitrogens with zero attached hydrogens (tertiary/aromatic N) is 2. The monoisotopic (exact) mass is 360 g/mol. The largest absolute Gasteiger partial charge is 0.491 e. The second kappa shape index (κ2) is 7.69. The van der Waals surface area contributed by atoms with Crippen molar-refractivity contribution >= 4 is 45.7 Å². The fraction of sp³-hybridized carbons (Fsp3) is 0.438. The van der Waals surface area contributed by atoms with E-state index in [2.05, 4.69) is 23.7 Å². The zero-order valence-corrected chi connectivity index (χ0v) is 14.9. The Labute approximate surface area is 146 Å². The van der Waals surface area contributed by atoms with Gasteiger partial charge in [-0.05, 0) is 25.2 Å².